The van der Waals surface area contributed by atoms with E-state index in [0.29, 0.717) is 5.82 Å². The number of amides is 1. The molecule has 1 amide bonds. The van der Waals surface area contributed by atoms with Crippen LogP contribution in [0.4, 0.5) is 5.82 Å². The second-order valence-electron chi connectivity index (χ2n) is 6.52. The molecule has 3 heterocycles. The van der Waals surface area contributed by atoms with Crippen LogP contribution in [-0.4, -0.2) is 31.4 Å². The van der Waals surface area contributed by atoms with E-state index in [-0.39, 0.29) is 17.7 Å². The van der Waals surface area contributed by atoms with Gasteiger partial charge in [0.1, 0.15) is 5.82 Å². The number of hydrogen-bond donors (Lipinski definition) is 1. The Labute approximate surface area is 181 Å². The van der Waals surface area contributed by atoms with Crippen molar-refractivity contribution in [3.05, 3.63) is 39.1 Å². The fourth-order valence-corrected chi connectivity index (χ4v) is 4.74. The van der Waals surface area contributed by atoms with Gasteiger partial charge in [0.15, 0.2) is 11.0 Å². The van der Waals surface area contributed by atoms with Crippen molar-refractivity contribution < 1.29 is 4.79 Å². The Morgan fingerprint density at radius 3 is 2.86 bits per heavy atom. The molecule has 3 aromatic rings. The quantitative estimate of drug-likeness (QED) is 0.436. The highest BCUT2D eigenvalue weighted by Gasteiger charge is 2.19. The van der Waals surface area contributed by atoms with Crippen molar-refractivity contribution in [2.24, 2.45) is 0 Å². The molecule has 0 radical (unpaired) electrons. The molecule has 0 saturated heterocycles. The number of thioether (sulfide) groups is 1. The summed E-state index contributed by atoms with van der Waals surface area (Å²) in [6.45, 7) is 6.38. The third-order valence-corrected chi connectivity index (χ3v) is 6.33. The zero-order chi connectivity index (χ0) is 20.1. The number of nitrogens with zero attached hydrogens (tertiary/aromatic N) is 4. The zero-order valence-electron chi connectivity index (χ0n) is 16.0. The van der Waals surface area contributed by atoms with Gasteiger partial charge in [-0.1, -0.05) is 25.1 Å². The van der Waals surface area contributed by atoms with Crippen molar-refractivity contribution in [3.63, 3.8) is 0 Å². The molecule has 6 nitrogen and oxygen atoms in total. The zero-order valence-corrected chi connectivity index (χ0v) is 19.2. The summed E-state index contributed by atoms with van der Waals surface area (Å²) in [5, 5.41) is 14.4. The summed E-state index contributed by atoms with van der Waals surface area (Å²) >= 11 is 6.47. The van der Waals surface area contributed by atoms with Gasteiger partial charge in [0, 0.05) is 32.5 Å². The van der Waals surface area contributed by atoms with Crippen molar-refractivity contribution in [1.29, 1.82) is 0 Å². The Morgan fingerprint density at radius 2 is 2.18 bits per heavy atom. The van der Waals surface area contributed by atoms with E-state index in [4.69, 9.17) is 0 Å². The first-order valence-corrected chi connectivity index (χ1v) is 11.7. The number of anilines is 1. The maximum atomic E-state index is 12.3. The number of carbonyl (C=O) groups excluding carboxylic acids is 1. The second kappa shape index (κ2) is 9.67. The summed E-state index contributed by atoms with van der Waals surface area (Å²) in [6.07, 6.45) is 3.85. The van der Waals surface area contributed by atoms with Crippen LogP contribution in [0.3, 0.4) is 0 Å². The van der Waals surface area contributed by atoms with Gasteiger partial charge in [-0.15, -0.1) is 21.5 Å². The molecule has 0 bridgehead atoms. The third kappa shape index (κ3) is 5.21. The molecule has 0 aromatic carbocycles. The minimum Gasteiger partial charge on any atom is -0.310 e. The standard InChI is InChI=1S/C19H22BrN5OS2/c1-4-5-15-8-13(10-27-15)18-23-24-19(25(18)12(2)3)28-11-17(26)22-16-7-6-14(20)9-21-16/h6-10,12H,4-5,11H2,1-3H3,(H,21,22,26). The van der Waals surface area contributed by atoms with Crippen LogP contribution in [0.1, 0.15) is 38.1 Å². The van der Waals surface area contributed by atoms with Crippen LogP contribution in [0.15, 0.2) is 39.4 Å². The van der Waals surface area contributed by atoms with Gasteiger partial charge in [-0.25, -0.2) is 4.98 Å². The van der Waals surface area contributed by atoms with Crippen LogP contribution in [-0.2, 0) is 11.2 Å². The van der Waals surface area contributed by atoms with Crippen LogP contribution >= 0.6 is 39.0 Å². The summed E-state index contributed by atoms with van der Waals surface area (Å²) in [4.78, 5) is 17.8. The summed E-state index contributed by atoms with van der Waals surface area (Å²) in [5.74, 6) is 1.50. The number of nitrogens with one attached hydrogen (secondary N) is 1. The van der Waals surface area contributed by atoms with Crippen LogP contribution in [0.2, 0.25) is 0 Å². The van der Waals surface area contributed by atoms with E-state index in [2.05, 4.69) is 73.2 Å². The summed E-state index contributed by atoms with van der Waals surface area (Å²) in [7, 11) is 0. The number of pyridine rings is 1. The first kappa shape index (κ1) is 21.0. The number of thiophene rings is 1. The molecule has 0 spiro atoms. The van der Waals surface area contributed by atoms with E-state index >= 15 is 0 Å². The summed E-state index contributed by atoms with van der Waals surface area (Å²) < 4.78 is 2.96. The lowest BCUT2D eigenvalue weighted by atomic mass is 10.2. The van der Waals surface area contributed by atoms with Gasteiger partial charge >= 0.3 is 0 Å². The van der Waals surface area contributed by atoms with E-state index in [1.165, 1.54) is 16.6 Å². The fourth-order valence-electron chi connectivity index (χ4n) is 2.67. The van der Waals surface area contributed by atoms with Crippen molar-refractivity contribution in [2.75, 3.05) is 11.1 Å². The first-order chi connectivity index (χ1) is 13.5. The van der Waals surface area contributed by atoms with Crippen LogP contribution < -0.4 is 5.32 Å². The summed E-state index contributed by atoms with van der Waals surface area (Å²) in [5.41, 5.74) is 1.09. The van der Waals surface area contributed by atoms with Crippen LogP contribution in [0, 0.1) is 0 Å². The van der Waals surface area contributed by atoms with Crippen molar-refractivity contribution in [1.82, 2.24) is 19.7 Å². The monoisotopic (exact) mass is 479 g/mol. The molecule has 3 aromatic heterocycles. The molecule has 0 aliphatic rings. The topological polar surface area (TPSA) is 72.7 Å². The lowest BCUT2D eigenvalue weighted by Gasteiger charge is -2.13. The van der Waals surface area contributed by atoms with E-state index in [1.807, 2.05) is 6.07 Å². The van der Waals surface area contributed by atoms with Crippen molar-refractivity contribution >= 4 is 50.8 Å². The van der Waals surface area contributed by atoms with E-state index in [1.54, 1.807) is 23.6 Å². The molecule has 0 fully saturated rings. The number of aromatic nitrogens is 4. The van der Waals surface area contributed by atoms with Gasteiger partial charge in [-0.3, -0.25) is 9.36 Å². The fraction of sp³-hybridized carbons (Fsp3) is 0.368. The number of carbonyl (C=O) groups is 1. The summed E-state index contributed by atoms with van der Waals surface area (Å²) in [6, 6.07) is 5.98. The van der Waals surface area contributed by atoms with Gasteiger partial charge in [0.2, 0.25) is 5.91 Å². The number of aryl methyl sites for hydroxylation is 1. The molecule has 28 heavy (non-hydrogen) atoms. The Kier molecular flexibility index (Phi) is 7.25. The predicted molar refractivity (Wildman–Crippen MR) is 119 cm³/mol. The highest BCUT2D eigenvalue weighted by molar-refractivity contribution is 9.10. The molecular weight excluding hydrogens is 458 g/mol. The van der Waals surface area contributed by atoms with Gasteiger partial charge in [-0.05, 0) is 54.4 Å². The average molecular weight is 480 g/mol. The van der Waals surface area contributed by atoms with Gasteiger partial charge in [-0.2, -0.15) is 0 Å². The number of halogens is 1. The minimum absolute atomic E-state index is 0.125. The Morgan fingerprint density at radius 1 is 1.36 bits per heavy atom. The normalized spacial score (nSPS) is 11.2. The Hall–Kier alpha value is -1.71. The largest absolute Gasteiger partial charge is 0.310 e. The molecule has 3 rings (SSSR count). The molecule has 9 heteroatoms. The Balaban J connectivity index is 1.70. The second-order valence-corrected chi connectivity index (χ2v) is 9.37. The lowest BCUT2D eigenvalue weighted by Crippen LogP contribution is -2.15. The molecule has 148 valence electrons. The number of rotatable bonds is 8. The molecule has 0 saturated carbocycles. The van der Waals surface area contributed by atoms with Gasteiger partial charge in [0.25, 0.3) is 0 Å². The molecule has 0 aliphatic heterocycles. The predicted octanol–water partition coefficient (Wildman–Crippen LogP) is 5.43. The van der Waals surface area contributed by atoms with E-state index < -0.39 is 0 Å². The van der Waals surface area contributed by atoms with Crippen molar-refractivity contribution in [2.45, 2.75) is 44.8 Å². The molecule has 1 N–H and O–H groups in total. The highest BCUT2D eigenvalue weighted by atomic mass is 79.9. The maximum Gasteiger partial charge on any atom is 0.236 e. The molecular formula is C19H22BrN5OS2. The molecule has 0 aliphatic carbocycles. The van der Waals surface area contributed by atoms with Crippen molar-refractivity contribution in [3.8, 4) is 11.4 Å². The van der Waals surface area contributed by atoms with E-state index in [9.17, 15) is 4.79 Å². The average Bonchev–Trinajstić information content (AvgIpc) is 3.29. The highest BCUT2D eigenvalue weighted by Crippen LogP contribution is 2.31. The van der Waals surface area contributed by atoms with Crippen LogP contribution in [0.5, 0.6) is 0 Å². The number of hydrogen-bond acceptors (Lipinski definition) is 6. The molecule has 0 atom stereocenters. The maximum absolute atomic E-state index is 12.3. The SMILES string of the molecule is CCCc1cc(-c2nnc(SCC(=O)Nc3ccc(Br)cn3)n2C(C)C)cs1. The van der Waals surface area contributed by atoms with Gasteiger partial charge in [0.05, 0.1) is 5.75 Å². The minimum atomic E-state index is -0.125. The Bertz CT molecular complexity index is 936. The smallest absolute Gasteiger partial charge is 0.236 e. The van der Waals surface area contributed by atoms with Crippen LogP contribution in [0.25, 0.3) is 11.4 Å². The van der Waals surface area contributed by atoms with E-state index in [0.717, 1.165) is 33.9 Å². The van der Waals surface area contributed by atoms with Gasteiger partial charge < -0.3 is 5.32 Å². The molecule has 0 unspecified atom stereocenters. The lowest BCUT2D eigenvalue weighted by molar-refractivity contribution is -0.113. The first-order valence-electron chi connectivity index (χ1n) is 9.04. The third-order valence-electron chi connectivity index (χ3n) is 3.92.